The van der Waals surface area contributed by atoms with Crippen LogP contribution in [0.3, 0.4) is 0 Å². The Hall–Kier alpha value is -3.33. The SMILES string of the molecule is COc1cccc(CC(=O)N2CCOC(c3ncncc3-c3noc(C)n3)C2)c1. The van der Waals surface area contributed by atoms with Crippen LogP contribution in [0.2, 0.25) is 0 Å². The molecule has 3 aromatic rings. The van der Waals surface area contributed by atoms with Crippen molar-refractivity contribution >= 4 is 5.91 Å². The van der Waals surface area contributed by atoms with Crippen molar-refractivity contribution in [3.8, 4) is 17.1 Å². The van der Waals surface area contributed by atoms with E-state index >= 15 is 0 Å². The zero-order chi connectivity index (χ0) is 20.2. The van der Waals surface area contributed by atoms with Crippen LogP contribution in [0.5, 0.6) is 5.75 Å². The maximum absolute atomic E-state index is 12.9. The minimum absolute atomic E-state index is 0.0255. The zero-order valence-electron chi connectivity index (χ0n) is 16.2. The summed E-state index contributed by atoms with van der Waals surface area (Å²) in [5, 5.41) is 3.95. The highest BCUT2D eigenvalue weighted by Gasteiger charge is 2.29. The second-order valence-electron chi connectivity index (χ2n) is 6.69. The largest absolute Gasteiger partial charge is 0.497 e. The van der Waals surface area contributed by atoms with Crippen molar-refractivity contribution in [1.82, 2.24) is 25.0 Å². The first-order valence-electron chi connectivity index (χ1n) is 9.27. The number of carbonyl (C=O) groups is 1. The van der Waals surface area contributed by atoms with Gasteiger partial charge in [-0.2, -0.15) is 4.98 Å². The lowest BCUT2D eigenvalue weighted by Gasteiger charge is -2.33. The van der Waals surface area contributed by atoms with Gasteiger partial charge in [0.1, 0.15) is 18.2 Å². The minimum atomic E-state index is -0.394. The molecule has 9 nitrogen and oxygen atoms in total. The number of ether oxygens (including phenoxy) is 2. The van der Waals surface area contributed by atoms with Crippen molar-refractivity contribution in [1.29, 1.82) is 0 Å². The lowest BCUT2D eigenvalue weighted by atomic mass is 10.1. The Balaban J connectivity index is 1.51. The first-order valence-corrected chi connectivity index (χ1v) is 9.27. The van der Waals surface area contributed by atoms with Crippen LogP contribution in [0.25, 0.3) is 11.4 Å². The summed E-state index contributed by atoms with van der Waals surface area (Å²) < 4.78 is 16.2. The maximum atomic E-state index is 12.9. The average molecular weight is 395 g/mol. The molecule has 0 radical (unpaired) electrons. The fraction of sp³-hybridized carbons (Fsp3) is 0.350. The van der Waals surface area contributed by atoms with E-state index in [1.54, 1.807) is 25.1 Å². The molecular formula is C20H21N5O4. The van der Waals surface area contributed by atoms with E-state index in [2.05, 4.69) is 20.1 Å². The number of aryl methyl sites for hydroxylation is 1. The van der Waals surface area contributed by atoms with Crippen LogP contribution in [-0.4, -0.2) is 57.7 Å². The van der Waals surface area contributed by atoms with Crippen LogP contribution in [-0.2, 0) is 16.0 Å². The third-order valence-corrected chi connectivity index (χ3v) is 4.73. The Labute approximate surface area is 167 Å². The molecule has 1 aliphatic rings. The molecule has 1 unspecified atom stereocenters. The first-order chi connectivity index (χ1) is 14.1. The Morgan fingerprint density at radius 2 is 2.28 bits per heavy atom. The fourth-order valence-electron chi connectivity index (χ4n) is 3.29. The van der Waals surface area contributed by atoms with Gasteiger partial charge in [-0.05, 0) is 17.7 Å². The first kappa shape index (κ1) is 19.0. The molecule has 0 spiro atoms. The highest BCUT2D eigenvalue weighted by molar-refractivity contribution is 5.79. The smallest absolute Gasteiger partial charge is 0.227 e. The van der Waals surface area contributed by atoms with E-state index in [0.29, 0.717) is 49.1 Å². The molecule has 3 heterocycles. The number of hydrogen-bond acceptors (Lipinski definition) is 8. The van der Waals surface area contributed by atoms with Gasteiger partial charge in [-0.25, -0.2) is 9.97 Å². The van der Waals surface area contributed by atoms with Crippen molar-refractivity contribution in [2.75, 3.05) is 26.8 Å². The Bertz CT molecular complexity index is 1010. The van der Waals surface area contributed by atoms with Gasteiger partial charge in [-0.1, -0.05) is 17.3 Å². The number of carbonyl (C=O) groups excluding carboxylic acids is 1. The van der Waals surface area contributed by atoms with Gasteiger partial charge in [0, 0.05) is 19.7 Å². The summed E-state index contributed by atoms with van der Waals surface area (Å²) in [5.74, 6) is 1.62. The number of aromatic nitrogens is 4. The fourth-order valence-corrected chi connectivity index (χ4v) is 3.29. The van der Waals surface area contributed by atoms with E-state index in [4.69, 9.17) is 14.0 Å². The second kappa shape index (κ2) is 8.36. The van der Waals surface area contributed by atoms with Crippen LogP contribution < -0.4 is 4.74 Å². The third-order valence-electron chi connectivity index (χ3n) is 4.73. The van der Waals surface area contributed by atoms with Crippen LogP contribution in [0.1, 0.15) is 23.3 Å². The van der Waals surface area contributed by atoms with Crippen LogP contribution in [0, 0.1) is 6.92 Å². The number of methoxy groups -OCH3 is 1. The molecule has 1 aliphatic heterocycles. The summed E-state index contributed by atoms with van der Waals surface area (Å²) in [5.41, 5.74) is 2.18. The molecular weight excluding hydrogens is 374 g/mol. The quantitative estimate of drug-likeness (QED) is 0.646. The van der Waals surface area contributed by atoms with Gasteiger partial charge in [-0.3, -0.25) is 4.79 Å². The molecule has 29 heavy (non-hydrogen) atoms. The predicted octanol–water partition coefficient (Wildman–Crippen LogP) is 1.99. The van der Waals surface area contributed by atoms with Gasteiger partial charge in [0.2, 0.25) is 17.6 Å². The van der Waals surface area contributed by atoms with E-state index in [1.165, 1.54) is 6.33 Å². The Morgan fingerprint density at radius 3 is 3.07 bits per heavy atom. The predicted molar refractivity (Wildman–Crippen MR) is 102 cm³/mol. The molecule has 1 fully saturated rings. The van der Waals surface area contributed by atoms with Crippen LogP contribution >= 0.6 is 0 Å². The number of hydrogen-bond donors (Lipinski definition) is 0. The summed E-state index contributed by atoms with van der Waals surface area (Å²) in [4.78, 5) is 27.4. The van der Waals surface area contributed by atoms with Gasteiger partial charge in [0.25, 0.3) is 0 Å². The lowest BCUT2D eigenvalue weighted by molar-refractivity contribution is -0.138. The molecule has 2 aromatic heterocycles. The van der Waals surface area contributed by atoms with Gasteiger partial charge < -0.3 is 18.9 Å². The van der Waals surface area contributed by atoms with E-state index in [-0.39, 0.29) is 5.91 Å². The molecule has 0 aliphatic carbocycles. The van der Waals surface area contributed by atoms with Crippen LogP contribution in [0.4, 0.5) is 0 Å². The van der Waals surface area contributed by atoms with Crippen molar-refractivity contribution in [2.24, 2.45) is 0 Å². The maximum Gasteiger partial charge on any atom is 0.227 e. The monoisotopic (exact) mass is 395 g/mol. The topological polar surface area (TPSA) is 103 Å². The molecule has 0 saturated carbocycles. The number of amides is 1. The molecule has 1 aromatic carbocycles. The van der Waals surface area contributed by atoms with Crippen molar-refractivity contribution in [2.45, 2.75) is 19.4 Å². The van der Waals surface area contributed by atoms with Gasteiger partial charge >= 0.3 is 0 Å². The standard InChI is InChI=1S/C20H21N5O4/c1-13-23-20(24-29-13)16-10-21-12-22-19(16)17-11-25(6-7-28-17)18(26)9-14-4-3-5-15(8-14)27-2/h3-5,8,10,12,17H,6-7,9,11H2,1-2H3. The van der Waals surface area contributed by atoms with E-state index in [0.717, 1.165) is 11.3 Å². The highest BCUT2D eigenvalue weighted by Crippen LogP contribution is 2.28. The summed E-state index contributed by atoms with van der Waals surface area (Å²) in [6.45, 7) is 3.06. The van der Waals surface area contributed by atoms with E-state index in [1.807, 2.05) is 24.3 Å². The Morgan fingerprint density at radius 1 is 1.38 bits per heavy atom. The zero-order valence-corrected chi connectivity index (χ0v) is 16.2. The number of benzene rings is 1. The summed E-state index contributed by atoms with van der Waals surface area (Å²) in [7, 11) is 1.61. The lowest BCUT2D eigenvalue weighted by Crippen LogP contribution is -2.43. The normalized spacial score (nSPS) is 16.6. The molecule has 9 heteroatoms. The van der Waals surface area contributed by atoms with Gasteiger partial charge in [0.05, 0.1) is 37.9 Å². The number of rotatable bonds is 5. The third kappa shape index (κ3) is 4.24. The Kier molecular flexibility index (Phi) is 5.48. The average Bonchev–Trinajstić information content (AvgIpc) is 3.20. The molecule has 1 amide bonds. The molecule has 1 atom stereocenters. The number of nitrogens with zero attached hydrogens (tertiary/aromatic N) is 5. The summed E-state index contributed by atoms with van der Waals surface area (Å²) in [6, 6.07) is 7.52. The van der Waals surface area contributed by atoms with Crippen molar-refractivity contribution < 1.29 is 18.8 Å². The molecule has 0 N–H and O–H groups in total. The van der Waals surface area contributed by atoms with E-state index < -0.39 is 6.10 Å². The van der Waals surface area contributed by atoms with Crippen molar-refractivity contribution in [3.63, 3.8) is 0 Å². The van der Waals surface area contributed by atoms with Crippen LogP contribution in [0.15, 0.2) is 41.3 Å². The summed E-state index contributed by atoms with van der Waals surface area (Å²) >= 11 is 0. The molecule has 1 saturated heterocycles. The molecule has 4 rings (SSSR count). The van der Waals surface area contributed by atoms with Crippen molar-refractivity contribution in [3.05, 3.63) is 53.9 Å². The highest BCUT2D eigenvalue weighted by atomic mass is 16.5. The second-order valence-corrected chi connectivity index (χ2v) is 6.69. The summed E-state index contributed by atoms with van der Waals surface area (Å²) in [6.07, 6.45) is 2.99. The van der Waals surface area contributed by atoms with Gasteiger partial charge in [0.15, 0.2) is 0 Å². The van der Waals surface area contributed by atoms with E-state index in [9.17, 15) is 4.79 Å². The van der Waals surface area contributed by atoms with Gasteiger partial charge in [-0.15, -0.1) is 0 Å². The molecule has 0 bridgehead atoms. The molecule has 150 valence electrons. The number of morpholine rings is 1. The minimum Gasteiger partial charge on any atom is -0.497 e.